The number of hydrogen-bond acceptors (Lipinski definition) is 2. The monoisotopic (exact) mass is 436 g/mol. The van der Waals surface area contributed by atoms with E-state index in [0.29, 0.717) is 0 Å². The fraction of sp³-hybridized carbons (Fsp3) is 0.600. The molecule has 1 aliphatic carbocycles. The predicted octanol–water partition coefficient (Wildman–Crippen LogP) is 8.09. The molecule has 0 fully saturated rings. The third-order valence-electron chi connectivity index (χ3n) is 6.67. The summed E-state index contributed by atoms with van der Waals surface area (Å²) in [7, 11) is 0. The van der Waals surface area contributed by atoms with Gasteiger partial charge in [-0.3, -0.25) is 9.80 Å². The van der Waals surface area contributed by atoms with Crippen molar-refractivity contribution in [3.63, 3.8) is 0 Å². The summed E-state index contributed by atoms with van der Waals surface area (Å²) in [5.74, 6) is 0. The molecule has 0 heterocycles. The second-order valence-electron chi connectivity index (χ2n) is 9.25. The number of nitrogens with zero attached hydrogens (tertiary/aromatic N) is 2. The van der Waals surface area contributed by atoms with E-state index in [4.69, 9.17) is 0 Å². The lowest BCUT2D eigenvalue weighted by atomic mass is 9.91. The van der Waals surface area contributed by atoms with Crippen molar-refractivity contribution < 1.29 is 0 Å². The number of rotatable bonds is 16. The number of allylic oxidation sites excluding steroid dienone is 3. The average molecular weight is 437 g/mol. The van der Waals surface area contributed by atoms with Crippen LogP contribution in [0.25, 0.3) is 6.08 Å². The average Bonchev–Trinajstić information content (AvgIpc) is 2.84. The molecular weight excluding hydrogens is 388 g/mol. The molecule has 1 aromatic carbocycles. The quantitative estimate of drug-likeness (QED) is 0.242. The summed E-state index contributed by atoms with van der Waals surface area (Å²) < 4.78 is 0. The van der Waals surface area contributed by atoms with E-state index < -0.39 is 0 Å². The number of benzene rings is 1. The van der Waals surface area contributed by atoms with Gasteiger partial charge in [0.25, 0.3) is 0 Å². The minimum atomic E-state index is 0.0266. The van der Waals surface area contributed by atoms with Crippen LogP contribution in [0.5, 0.6) is 0 Å². The fourth-order valence-electron chi connectivity index (χ4n) is 4.58. The van der Waals surface area contributed by atoms with Gasteiger partial charge >= 0.3 is 0 Å². The van der Waals surface area contributed by atoms with Crippen LogP contribution in [-0.2, 0) is 0 Å². The van der Waals surface area contributed by atoms with Crippen molar-refractivity contribution in [2.24, 2.45) is 0 Å². The van der Waals surface area contributed by atoms with Crippen LogP contribution < -0.4 is 0 Å². The van der Waals surface area contributed by atoms with Crippen LogP contribution in [-0.4, -0.2) is 41.6 Å². The van der Waals surface area contributed by atoms with Gasteiger partial charge in [0.15, 0.2) is 0 Å². The molecule has 0 unspecified atom stereocenters. The van der Waals surface area contributed by atoms with Gasteiger partial charge in [-0.05, 0) is 42.9 Å². The zero-order valence-corrected chi connectivity index (χ0v) is 21.4. The molecule has 0 aliphatic heterocycles. The van der Waals surface area contributed by atoms with Gasteiger partial charge in [-0.2, -0.15) is 0 Å². The van der Waals surface area contributed by atoms with Gasteiger partial charge in [0.1, 0.15) is 0 Å². The van der Waals surface area contributed by atoms with E-state index in [2.05, 4.69) is 98.2 Å². The van der Waals surface area contributed by atoms with Crippen molar-refractivity contribution in [1.29, 1.82) is 0 Å². The Hall–Kier alpha value is -1.64. The van der Waals surface area contributed by atoms with Crippen LogP contribution in [0.4, 0.5) is 0 Å². The Labute approximate surface area is 199 Å². The molecule has 1 aromatic rings. The minimum absolute atomic E-state index is 0.0266. The van der Waals surface area contributed by atoms with Crippen molar-refractivity contribution in [3.8, 4) is 0 Å². The summed E-state index contributed by atoms with van der Waals surface area (Å²) in [5, 5.41) is 0. The van der Waals surface area contributed by atoms with Gasteiger partial charge in [-0.1, -0.05) is 108 Å². The third kappa shape index (κ3) is 8.05. The van der Waals surface area contributed by atoms with E-state index in [9.17, 15) is 0 Å². The van der Waals surface area contributed by atoms with Crippen molar-refractivity contribution >= 4 is 6.08 Å². The summed E-state index contributed by atoms with van der Waals surface area (Å²) in [6, 6.07) is 10.6. The van der Waals surface area contributed by atoms with Crippen LogP contribution in [0.15, 0.2) is 60.2 Å². The van der Waals surface area contributed by atoms with Crippen LogP contribution in [0.3, 0.4) is 0 Å². The van der Waals surface area contributed by atoms with Crippen LogP contribution >= 0.6 is 0 Å². The molecular formula is C30H48N2. The lowest BCUT2D eigenvalue weighted by molar-refractivity contribution is -0.0256. The van der Waals surface area contributed by atoms with E-state index in [1.807, 2.05) is 0 Å². The summed E-state index contributed by atoms with van der Waals surface area (Å²) in [4.78, 5) is 5.63. The van der Waals surface area contributed by atoms with Crippen LogP contribution in [0.1, 0.15) is 91.0 Å². The molecule has 0 spiro atoms. The summed E-state index contributed by atoms with van der Waals surface area (Å²) >= 11 is 0. The van der Waals surface area contributed by atoms with E-state index in [1.54, 1.807) is 0 Å². The molecule has 0 atom stereocenters. The molecule has 0 amide bonds. The van der Waals surface area contributed by atoms with Gasteiger partial charge in [-0.15, -0.1) is 0 Å². The normalized spacial score (nSPS) is 15.8. The Morgan fingerprint density at radius 2 is 1.22 bits per heavy atom. The van der Waals surface area contributed by atoms with E-state index in [0.717, 1.165) is 6.42 Å². The Kier molecular flexibility index (Phi) is 12.7. The first-order chi connectivity index (χ1) is 15.7. The van der Waals surface area contributed by atoms with Gasteiger partial charge in [-0.25, -0.2) is 0 Å². The first-order valence-corrected chi connectivity index (χ1v) is 13.3. The second kappa shape index (κ2) is 15.2. The molecule has 0 N–H and O–H groups in total. The largest absolute Gasteiger partial charge is 0.282 e. The Balaban J connectivity index is 2.31. The summed E-state index contributed by atoms with van der Waals surface area (Å²) in [6.07, 6.45) is 23.2. The zero-order chi connectivity index (χ0) is 23.1. The molecule has 0 saturated carbocycles. The molecule has 0 bridgehead atoms. The maximum Gasteiger partial charge on any atom is 0.0968 e. The van der Waals surface area contributed by atoms with Crippen LogP contribution in [0, 0.1) is 0 Å². The van der Waals surface area contributed by atoms with E-state index in [1.165, 1.54) is 88.7 Å². The minimum Gasteiger partial charge on any atom is -0.282 e. The highest BCUT2D eigenvalue weighted by atomic mass is 15.4. The molecule has 0 saturated heterocycles. The van der Waals surface area contributed by atoms with Crippen molar-refractivity contribution in [2.75, 3.05) is 26.2 Å². The molecule has 2 nitrogen and oxygen atoms in total. The molecule has 1 aliphatic rings. The molecule has 0 radical (unpaired) electrons. The highest BCUT2D eigenvalue weighted by Crippen LogP contribution is 2.33. The SMILES string of the molecule is CCCCN(CCCC)C1(N(CCCC)CCCC)C=CC(C=Cc2ccccc2)=CC1. The molecule has 0 aromatic heterocycles. The van der Waals surface area contributed by atoms with Crippen LogP contribution in [0.2, 0.25) is 0 Å². The molecule has 2 rings (SSSR count). The molecule has 2 heteroatoms. The fourth-order valence-corrected chi connectivity index (χ4v) is 4.58. The Morgan fingerprint density at radius 3 is 1.62 bits per heavy atom. The topological polar surface area (TPSA) is 6.48 Å². The highest BCUT2D eigenvalue weighted by Gasteiger charge is 2.39. The van der Waals surface area contributed by atoms with Gasteiger partial charge in [0.05, 0.1) is 5.66 Å². The van der Waals surface area contributed by atoms with Gasteiger partial charge in [0, 0.05) is 32.6 Å². The standard InChI is InChI=1S/C30H48N2/c1-5-9-24-31(25-10-6-2)30(32(26-11-7-3)27-12-8-4)22-20-29(21-23-30)19-18-28-16-14-13-15-17-28/h13-22H,5-12,23-27H2,1-4H3. The summed E-state index contributed by atoms with van der Waals surface area (Å²) in [5.41, 5.74) is 2.62. The Bertz CT molecular complexity index is 665. The zero-order valence-electron chi connectivity index (χ0n) is 21.4. The first-order valence-electron chi connectivity index (χ1n) is 13.3. The third-order valence-corrected chi connectivity index (χ3v) is 6.67. The summed E-state index contributed by atoms with van der Waals surface area (Å²) in [6.45, 7) is 14.0. The van der Waals surface area contributed by atoms with Crippen molar-refractivity contribution in [3.05, 3.63) is 65.8 Å². The molecule has 32 heavy (non-hydrogen) atoms. The van der Waals surface area contributed by atoms with Crippen molar-refractivity contribution in [2.45, 2.75) is 91.1 Å². The smallest absolute Gasteiger partial charge is 0.0968 e. The lowest BCUT2D eigenvalue weighted by Gasteiger charge is -2.51. The number of hydrogen-bond donors (Lipinski definition) is 0. The maximum atomic E-state index is 2.82. The molecule has 178 valence electrons. The number of unbranched alkanes of at least 4 members (excludes halogenated alkanes) is 4. The van der Waals surface area contributed by atoms with E-state index in [-0.39, 0.29) is 5.66 Å². The van der Waals surface area contributed by atoms with Gasteiger partial charge < -0.3 is 0 Å². The maximum absolute atomic E-state index is 2.82. The first kappa shape index (κ1) is 26.6. The second-order valence-corrected chi connectivity index (χ2v) is 9.25. The Morgan fingerprint density at radius 1 is 0.719 bits per heavy atom. The highest BCUT2D eigenvalue weighted by molar-refractivity contribution is 5.55. The van der Waals surface area contributed by atoms with Crippen molar-refractivity contribution in [1.82, 2.24) is 9.80 Å². The lowest BCUT2D eigenvalue weighted by Crippen LogP contribution is -2.60. The van der Waals surface area contributed by atoms with E-state index >= 15 is 0 Å². The van der Waals surface area contributed by atoms with Gasteiger partial charge in [0.2, 0.25) is 0 Å². The predicted molar refractivity (Wildman–Crippen MR) is 143 cm³/mol.